The Kier molecular flexibility index (Phi) is 4.41. The lowest BCUT2D eigenvalue weighted by atomic mass is 10.1. The summed E-state index contributed by atoms with van der Waals surface area (Å²) in [6, 6.07) is 12.9. The van der Waals surface area contributed by atoms with E-state index >= 15 is 0 Å². The maximum atomic E-state index is 12.6. The molecular formula is C21H17N3O4. The normalized spacial score (nSPS) is 16.5. The molecule has 0 saturated carbocycles. The van der Waals surface area contributed by atoms with Crippen molar-refractivity contribution in [2.24, 2.45) is 0 Å². The van der Waals surface area contributed by atoms with Gasteiger partial charge in [0, 0.05) is 23.3 Å². The number of ether oxygens (including phenoxy) is 1. The Balaban J connectivity index is 1.65. The number of benzene rings is 1. The summed E-state index contributed by atoms with van der Waals surface area (Å²) < 4.78 is 5.63. The van der Waals surface area contributed by atoms with Gasteiger partial charge in [0.15, 0.2) is 11.3 Å². The lowest BCUT2D eigenvalue weighted by molar-refractivity contribution is -0.134. The Morgan fingerprint density at radius 2 is 2.04 bits per heavy atom. The molecule has 3 heterocycles. The largest absolute Gasteiger partial charge is 0.477 e. The molecule has 28 heavy (non-hydrogen) atoms. The van der Waals surface area contributed by atoms with Crippen LogP contribution in [-0.4, -0.2) is 26.8 Å². The first kappa shape index (κ1) is 17.5. The minimum absolute atomic E-state index is 0.0510. The number of carboxylic acids is 1. The molecule has 7 nitrogen and oxygen atoms in total. The Morgan fingerprint density at radius 3 is 2.79 bits per heavy atom. The number of hydrogen-bond acceptors (Lipinski definition) is 5. The van der Waals surface area contributed by atoms with Crippen molar-refractivity contribution in [1.82, 2.24) is 15.3 Å². The van der Waals surface area contributed by atoms with Gasteiger partial charge in [-0.2, -0.15) is 0 Å². The molecule has 1 unspecified atom stereocenters. The van der Waals surface area contributed by atoms with E-state index < -0.39 is 17.3 Å². The number of hydrogen-bond donors (Lipinski definition) is 3. The highest BCUT2D eigenvalue weighted by molar-refractivity contribution is 6.26. The molecule has 7 heteroatoms. The second-order valence-corrected chi connectivity index (χ2v) is 6.37. The molecule has 3 aromatic rings. The van der Waals surface area contributed by atoms with Crippen LogP contribution in [0.3, 0.4) is 0 Å². The summed E-state index contributed by atoms with van der Waals surface area (Å²) in [6.07, 6.45) is 4.87. The molecule has 0 saturated heterocycles. The van der Waals surface area contributed by atoms with E-state index in [0.717, 1.165) is 10.9 Å². The molecule has 1 atom stereocenters. The van der Waals surface area contributed by atoms with Gasteiger partial charge >= 0.3 is 5.97 Å². The van der Waals surface area contributed by atoms with Crippen LogP contribution in [-0.2, 0) is 14.3 Å². The van der Waals surface area contributed by atoms with E-state index in [4.69, 9.17) is 4.74 Å². The highest BCUT2D eigenvalue weighted by Crippen LogP contribution is 2.29. The Hall–Kier alpha value is -3.87. The third-order valence-corrected chi connectivity index (χ3v) is 4.52. The van der Waals surface area contributed by atoms with E-state index in [1.165, 1.54) is 6.08 Å². The predicted octanol–water partition coefficient (Wildman–Crippen LogP) is 3.15. The number of carboxylic acid groups (broad SMARTS) is 1. The molecule has 0 radical (unpaired) electrons. The number of carbonyl (C=O) groups is 2. The molecule has 2 aromatic heterocycles. The van der Waals surface area contributed by atoms with Crippen LogP contribution in [0.4, 0.5) is 0 Å². The van der Waals surface area contributed by atoms with Gasteiger partial charge in [0.05, 0.1) is 6.04 Å². The number of aliphatic carboxylic acids is 1. The monoisotopic (exact) mass is 375 g/mol. The fourth-order valence-corrected chi connectivity index (χ4v) is 3.08. The van der Waals surface area contributed by atoms with Crippen molar-refractivity contribution in [3.05, 3.63) is 83.2 Å². The summed E-state index contributed by atoms with van der Waals surface area (Å²) in [7, 11) is 0. The molecule has 140 valence electrons. The molecule has 3 N–H and O–H groups in total. The van der Waals surface area contributed by atoms with Crippen molar-refractivity contribution in [3.63, 3.8) is 0 Å². The fraction of sp³-hybridized carbons (Fsp3) is 0.0952. The highest BCUT2D eigenvalue weighted by Gasteiger charge is 2.36. The van der Waals surface area contributed by atoms with Crippen LogP contribution in [0.5, 0.6) is 0 Å². The molecular weight excluding hydrogens is 358 g/mol. The lowest BCUT2D eigenvalue weighted by Crippen LogP contribution is -2.21. The van der Waals surface area contributed by atoms with E-state index in [9.17, 15) is 14.7 Å². The van der Waals surface area contributed by atoms with Crippen molar-refractivity contribution in [3.8, 4) is 0 Å². The number of nitrogens with one attached hydrogen (secondary N) is 2. The number of fused-ring (bicyclic) bond motifs is 1. The quantitative estimate of drug-likeness (QED) is 0.467. The number of ketones is 1. The first-order valence-electron chi connectivity index (χ1n) is 8.70. The van der Waals surface area contributed by atoms with E-state index in [1.807, 2.05) is 43.3 Å². The SMILES string of the molecule is CC(NC1=C(C(=O)O)C(=O)/C(=C/c2c[nH]c3ncccc23)O1)c1ccccc1. The molecule has 0 aliphatic carbocycles. The summed E-state index contributed by atoms with van der Waals surface area (Å²) in [5.41, 5.74) is 1.89. The number of pyridine rings is 1. The standard InChI is InChI=1S/C21H17N3O4/c1-12(13-6-3-2-4-7-13)24-20-17(21(26)27)18(25)16(28-20)10-14-11-23-19-15(14)8-5-9-22-19/h2-12,24H,1H3,(H,22,23)(H,26,27)/b16-10-. The second-order valence-electron chi connectivity index (χ2n) is 6.37. The summed E-state index contributed by atoms with van der Waals surface area (Å²) in [5.74, 6) is -2.12. The van der Waals surface area contributed by atoms with E-state index in [0.29, 0.717) is 11.2 Å². The number of carbonyl (C=O) groups excluding carboxylic acids is 1. The van der Waals surface area contributed by atoms with Gasteiger partial charge in [0.1, 0.15) is 5.65 Å². The molecule has 4 rings (SSSR count). The van der Waals surface area contributed by atoms with Gasteiger partial charge in [0.25, 0.3) is 0 Å². The molecule has 0 fully saturated rings. The number of allylic oxidation sites excluding steroid dienone is 1. The van der Waals surface area contributed by atoms with Crippen molar-refractivity contribution < 1.29 is 19.4 Å². The Labute approximate surface area is 160 Å². The number of aromatic amines is 1. The Bertz CT molecular complexity index is 1130. The number of Topliss-reactive ketones (excluding diaryl/α,β-unsaturated/α-hetero) is 1. The highest BCUT2D eigenvalue weighted by atomic mass is 16.5. The zero-order valence-electron chi connectivity index (χ0n) is 15.0. The van der Waals surface area contributed by atoms with Crippen LogP contribution >= 0.6 is 0 Å². The van der Waals surface area contributed by atoms with Gasteiger partial charge < -0.3 is 20.1 Å². The van der Waals surface area contributed by atoms with E-state index in [2.05, 4.69) is 15.3 Å². The third-order valence-electron chi connectivity index (χ3n) is 4.52. The minimum Gasteiger partial charge on any atom is -0.477 e. The van der Waals surface area contributed by atoms with Crippen molar-refractivity contribution in [2.45, 2.75) is 13.0 Å². The number of nitrogens with zero attached hydrogens (tertiary/aromatic N) is 1. The minimum atomic E-state index is -1.34. The summed E-state index contributed by atoms with van der Waals surface area (Å²) in [6.45, 7) is 1.86. The smallest absolute Gasteiger partial charge is 0.345 e. The zero-order valence-corrected chi connectivity index (χ0v) is 15.0. The van der Waals surface area contributed by atoms with Gasteiger partial charge in [0.2, 0.25) is 11.7 Å². The average Bonchev–Trinajstić information content (AvgIpc) is 3.24. The topological polar surface area (TPSA) is 104 Å². The van der Waals surface area contributed by atoms with Crippen LogP contribution in [0.25, 0.3) is 17.1 Å². The van der Waals surface area contributed by atoms with Gasteiger partial charge in [-0.15, -0.1) is 0 Å². The van der Waals surface area contributed by atoms with E-state index in [-0.39, 0.29) is 17.7 Å². The number of rotatable bonds is 5. The average molecular weight is 375 g/mol. The van der Waals surface area contributed by atoms with Gasteiger partial charge in [-0.25, -0.2) is 9.78 Å². The molecule has 1 aliphatic heterocycles. The van der Waals surface area contributed by atoms with Gasteiger partial charge in [-0.1, -0.05) is 30.3 Å². The predicted molar refractivity (Wildman–Crippen MR) is 103 cm³/mol. The Morgan fingerprint density at radius 1 is 1.25 bits per heavy atom. The van der Waals surface area contributed by atoms with Crippen molar-refractivity contribution >= 4 is 28.9 Å². The van der Waals surface area contributed by atoms with Crippen LogP contribution in [0, 0.1) is 0 Å². The number of aromatic nitrogens is 2. The van der Waals surface area contributed by atoms with Crippen LogP contribution in [0.15, 0.2) is 72.1 Å². The summed E-state index contributed by atoms with van der Waals surface area (Å²) in [4.78, 5) is 31.5. The van der Waals surface area contributed by atoms with Gasteiger partial charge in [-0.3, -0.25) is 4.79 Å². The maximum absolute atomic E-state index is 12.6. The van der Waals surface area contributed by atoms with Crippen LogP contribution in [0.2, 0.25) is 0 Å². The third kappa shape index (κ3) is 3.14. The van der Waals surface area contributed by atoms with E-state index in [1.54, 1.807) is 18.5 Å². The fourth-order valence-electron chi connectivity index (χ4n) is 3.08. The second kappa shape index (κ2) is 7.03. The molecule has 0 amide bonds. The summed E-state index contributed by atoms with van der Waals surface area (Å²) in [5, 5.41) is 13.3. The number of H-pyrrole nitrogens is 1. The molecule has 0 spiro atoms. The van der Waals surface area contributed by atoms with Crippen molar-refractivity contribution in [1.29, 1.82) is 0 Å². The molecule has 1 aromatic carbocycles. The molecule has 1 aliphatic rings. The van der Waals surface area contributed by atoms with Gasteiger partial charge in [-0.05, 0) is 30.7 Å². The maximum Gasteiger partial charge on any atom is 0.345 e. The zero-order chi connectivity index (χ0) is 19.7. The molecule has 0 bridgehead atoms. The first-order chi connectivity index (χ1) is 13.5. The lowest BCUT2D eigenvalue weighted by Gasteiger charge is -2.16. The van der Waals surface area contributed by atoms with Crippen LogP contribution in [0.1, 0.15) is 24.1 Å². The summed E-state index contributed by atoms with van der Waals surface area (Å²) >= 11 is 0. The van der Waals surface area contributed by atoms with Crippen LogP contribution < -0.4 is 5.32 Å². The van der Waals surface area contributed by atoms with Crippen molar-refractivity contribution in [2.75, 3.05) is 0 Å². The first-order valence-corrected chi connectivity index (χ1v) is 8.70.